The second-order valence-electron chi connectivity index (χ2n) is 7.43. The van der Waals surface area contributed by atoms with Crippen LogP contribution in [0.5, 0.6) is 0 Å². The van der Waals surface area contributed by atoms with Gasteiger partial charge in [0, 0.05) is 36.0 Å². The number of hydrogen-bond donors (Lipinski definition) is 0. The third-order valence-electron chi connectivity index (χ3n) is 5.63. The lowest BCUT2D eigenvalue weighted by atomic mass is 9.95. The maximum Gasteiger partial charge on any atom is 0.158 e. The van der Waals surface area contributed by atoms with Gasteiger partial charge in [0.2, 0.25) is 0 Å². The number of benzene rings is 1. The van der Waals surface area contributed by atoms with Crippen LogP contribution in [0.25, 0.3) is 16.9 Å². The van der Waals surface area contributed by atoms with Crippen molar-refractivity contribution < 1.29 is 4.39 Å². The molecule has 1 aliphatic heterocycles. The minimum atomic E-state index is -0.233. The van der Waals surface area contributed by atoms with Crippen molar-refractivity contribution >= 4 is 11.5 Å². The fourth-order valence-corrected chi connectivity index (χ4v) is 4.35. The van der Waals surface area contributed by atoms with Crippen LogP contribution in [0.3, 0.4) is 0 Å². The average molecular weight is 350 g/mol. The van der Waals surface area contributed by atoms with Gasteiger partial charge in [-0.15, -0.1) is 0 Å². The molecule has 1 aliphatic carbocycles. The van der Waals surface area contributed by atoms with Gasteiger partial charge in [-0.2, -0.15) is 9.61 Å². The van der Waals surface area contributed by atoms with E-state index in [9.17, 15) is 4.39 Å². The van der Waals surface area contributed by atoms with Crippen LogP contribution >= 0.6 is 0 Å². The van der Waals surface area contributed by atoms with E-state index < -0.39 is 0 Å². The first-order valence-electron chi connectivity index (χ1n) is 9.72. The maximum atomic E-state index is 13.7. The van der Waals surface area contributed by atoms with E-state index in [1.165, 1.54) is 55.2 Å². The van der Waals surface area contributed by atoms with E-state index in [1.54, 1.807) is 12.1 Å². The predicted molar refractivity (Wildman–Crippen MR) is 101 cm³/mol. The molecule has 3 heterocycles. The summed E-state index contributed by atoms with van der Waals surface area (Å²) in [7, 11) is 0. The van der Waals surface area contributed by atoms with E-state index >= 15 is 0 Å². The minimum Gasteiger partial charge on any atom is -0.356 e. The number of hydrogen-bond acceptors (Lipinski definition) is 3. The fourth-order valence-electron chi connectivity index (χ4n) is 4.35. The van der Waals surface area contributed by atoms with Crippen molar-refractivity contribution in [3.8, 4) is 11.3 Å². The van der Waals surface area contributed by atoms with E-state index in [-0.39, 0.29) is 5.82 Å². The first kappa shape index (κ1) is 15.8. The van der Waals surface area contributed by atoms with Crippen LogP contribution in [0, 0.1) is 5.82 Å². The van der Waals surface area contributed by atoms with E-state index in [0.29, 0.717) is 0 Å². The number of nitrogens with zero attached hydrogens (tertiary/aromatic N) is 4. The molecular weight excluding hydrogens is 327 g/mol. The Bertz CT molecular complexity index is 956. The Balaban J connectivity index is 1.71. The Morgan fingerprint density at radius 1 is 0.923 bits per heavy atom. The lowest BCUT2D eigenvalue weighted by Crippen LogP contribution is -2.33. The molecule has 0 spiro atoms. The van der Waals surface area contributed by atoms with Gasteiger partial charge >= 0.3 is 0 Å². The molecule has 0 unspecified atom stereocenters. The van der Waals surface area contributed by atoms with Gasteiger partial charge in [-0.25, -0.2) is 9.37 Å². The molecule has 134 valence electrons. The van der Waals surface area contributed by atoms with Gasteiger partial charge in [-0.05, 0) is 57.1 Å². The fraction of sp³-hybridized carbons (Fsp3) is 0.429. The number of halogens is 1. The lowest BCUT2D eigenvalue weighted by molar-refractivity contribution is 0.560. The zero-order valence-corrected chi connectivity index (χ0v) is 14.9. The quantitative estimate of drug-likeness (QED) is 0.687. The van der Waals surface area contributed by atoms with Crippen LogP contribution < -0.4 is 4.90 Å². The predicted octanol–water partition coefficient (Wildman–Crippen LogP) is 4.40. The van der Waals surface area contributed by atoms with Crippen molar-refractivity contribution in [3.05, 3.63) is 47.4 Å². The van der Waals surface area contributed by atoms with Crippen molar-refractivity contribution in [1.29, 1.82) is 0 Å². The highest BCUT2D eigenvalue weighted by Gasteiger charge is 2.25. The molecule has 2 aliphatic rings. The van der Waals surface area contributed by atoms with Gasteiger partial charge in [-0.1, -0.05) is 12.1 Å². The Labute approximate surface area is 152 Å². The molecule has 5 rings (SSSR count). The van der Waals surface area contributed by atoms with Gasteiger partial charge in [0.1, 0.15) is 11.6 Å². The zero-order chi connectivity index (χ0) is 17.5. The zero-order valence-electron chi connectivity index (χ0n) is 14.9. The molecule has 5 heteroatoms. The average Bonchev–Trinajstić information content (AvgIpc) is 3.10. The summed E-state index contributed by atoms with van der Waals surface area (Å²) in [6.45, 7) is 2.17. The highest BCUT2D eigenvalue weighted by atomic mass is 19.1. The molecule has 2 aromatic heterocycles. The van der Waals surface area contributed by atoms with Crippen molar-refractivity contribution in [2.24, 2.45) is 0 Å². The van der Waals surface area contributed by atoms with Crippen molar-refractivity contribution in [2.75, 3.05) is 18.0 Å². The molecule has 0 bridgehead atoms. The Morgan fingerprint density at radius 3 is 2.62 bits per heavy atom. The topological polar surface area (TPSA) is 33.4 Å². The summed E-state index contributed by atoms with van der Waals surface area (Å²) in [5.74, 6) is 0.995. The van der Waals surface area contributed by atoms with Gasteiger partial charge in [0.05, 0.1) is 5.69 Å². The van der Waals surface area contributed by atoms with Crippen LogP contribution in [0.15, 0.2) is 30.3 Å². The molecular formula is C21H23FN4. The second kappa shape index (κ2) is 6.38. The lowest BCUT2D eigenvalue weighted by Gasteiger charge is -2.32. The maximum absolute atomic E-state index is 13.7. The highest BCUT2D eigenvalue weighted by molar-refractivity contribution is 5.67. The Morgan fingerprint density at radius 2 is 1.77 bits per heavy atom. The van der Waals surface area contributed by atoms with Crippen LogP contribution in [-0.2, 0) is 12.8 Å². The van der Waals surface area contributed by atoms with Crippen LogP contribution in [0.4, 0.5) is 10.2 Å². The molecule has 0 radical (unpaired) electrons. The summed E-state index contributed by atoms with van der Waals surface area (Å²) >= 11 is 0. The van der Waals surface area contributed by atoms with Crippen molar-refractivity contribution in [2.45, 2.75) is 44.9 Å². The third-order valence-corrected chi connectivity index (χ3v) is 5.63. The van der Waals surface area contributed by atoms with Gasteiger partial charge in [0.15, 0.2) is 5.65 Å². The molecule has 26 heavy (non-hydrogen) atoms. The molecule has 0 saturated carbocycles. The number of fused-ring (bicyclic) bond motifs is 2. The van der Waals surface area contributed by atoms with E-state index in [0.717, 1.165) is 42.8 Å². The number of aromatic nitrogens is 3. The second-order valence-corrected chi connectivity index (χ2v) is 7.43. The normalized spacial score (nSPS) is 17.5. The minimum absolute atomic E-state index is 0.233. The summed E-state index contributed by atoms with van der Waals surface area (Å²) in [5.41, 5.74) is 5.08. The summed E-state index contributed by atoms with van der Waals surface area (Å²) in [4.78, 5) is 7.41. The molecule has 0 amide bonds. The monoisotopic (exact) mass is 350 g/mol. The standard InChI is InChI=1S/C21H23FN4/c22-16-8-6-7-15(13-16)19-14-20-23-18-10-3-2-9-17(18)21(26(20)24-19)25-11-4-1-5-12-25/h6-8,13-14H,1-5,9-12H2. The summed E-state index contributed by atoms with van der Waals surface area (Å²) in [6, 6.07) is 8.65. The number of aryl methyl sites for hydroxylation is 1. The molecule has 0 atom stereocenters. The summed E-state index contributed by atoms with van der Waals surface area (Å²) in [6.07, 6.45) is 8.33. The molecule has 4 nitrogen and oxygen atoms in total. The Hall–Kier alpha value is -2.43. The van der Waals surface area contributed by atoms with Gasteiger partial charge in [0.25, 0.3) is 0 Å². The highest BCUT2D eigenvalue weighted by Crippen LogP contribution is 2.33. The summed E-state index contributed by atoms with van der Waals surface area (Å²) in [5, 5.41) is 4.85. The SMILES string of the molecule is Fc1cccc(-c2cc3nc4c(c(N5CCCCC5)n3n2)CCCC4)c1. The number of piperidine rings is 1. The third kappa shape index (κ3) is 2.66. The molecule has 0 N–H and O–H groups in total. The molecule has 1 aromatic carbocycles. The molecule has 1 saturated heterocycles. The first-order valence-corrected chi connectivity index (χ1v) is 9.72. The first-order chi connectivity index (χ1) is 12.8. The largest absolute Gasteiger partial charge is 0.356 e. The van der Waals surface area contributed by atoms with Gasteiger partial charge < -0.3 is 4.90 Å². The number of rotatable bonds is 2. The van der Waals surface area contributed by atoms with Gasteiger partial charge in [-0.3, -0.25) is 0 Å². The molecule has 3 aromatic rings. The Kier molecular flexibility index (Phi) is 3.88. The van der Waals surface area contributed by atoms with Crippen molar-refractivity contribution in [1.82, 2.24) is 14.6 Å². The number of anilines is 1. The van der Waals surface area contributed by atoms with E-state index in [1.807, 2.05) is 16.6 Å². The van der Waals surface area contributed by atoms with Crippen molar-refractivity contribution in [3.63, 3.8) is 0 Å². The van der Waals surface area contributed by atoms with E-state index in [2.05, 4.69) is 4.90 Å². The van der Waals surface area contributed by atoms with E-state index in [4.69, 9.17) is 10.1 Å². The van der Waals surface area contributed by atoms with Crippen LogP contribution in [0.2, 0.25) is 0 Å². The summed E-state index contributed by atoms with van der Waals surface area (Å²) < 4.78 is 15.7. The molecule has 1 fully saturated rings. The van der Waals surface area contributed by atoms with Crippen LogP contribution in [0.1, 0.15) is 43.4 Å². The van der Waals surface area contributed by atoms with Crippen LogP contribution in [-0.4, -0.2) is 27.7 Å². The smallest absolute Gasteiger partial charge is 0.158 e.